The molecule has 1 amide bonds. The zero-order chi connectivity index (χ0) is 17.2. The Morgan fingerprint density at radius 1 is 1.23 bits per heavy atom. The Labute approximate surface area is 138 Å². The summed E-state index contributed by atoms with van der Waals surface area (Å²) in [6, 6.07) is 2.13. The Bertz CT molecular complexity index is 603. The second-order valence-corrected chi connectivity index (χ2v) is 8.93. The van der Waals surface area contributed by atoms with Crippen molar-refractivity contribution >= 4 is 38.2 Å². The van der Waals surface area contributed by atoms with Crippen molar-refractivity contribution in [2.75, 3.05) is 5.73 Å². The van der Waals surface area contributed by atoms with Crippen LogP contribution < -0.4 is 5.73 Å². The maximum absolute atomic E-state index is 13.0. The van der Waals surface area contributed by atoms with Crippen molar-refractivity contribution in [2.45, 2.75) is 44.4 Å². The smallest absolute Gasteiger partial charge is 0.398 e. The molecule has 8 heteroatoms. The standard InChI is InChI=1S/C14H18BrF3N2OS/c1-7(2)22(8(3)4)20-13(21)10-5-9(15)6-11(12(10)19)14(16,17)18/h5-8H,19H2,1-4H3. The molecule has 1 rings (SSSR count). The molecule has 0 aromatic heterocycles. The summed E-state index contributed by atoms with van der Waals surface area (Å²) >= 11 is 2.98. The fraction of sp³-hybridized carbons (Fsp3) is 0.500. The number of anilines is 1. The van der Waals surface area contributed by atoms with Crippen LogP contribution in [-0.2, 0) is 16.9 Å². The van der Waals surface area contributed by atoms with E-state index in [9.17, 15) is 18.0 Å². The van der Waals surface area contributed by atoms with Crippen LogP contribution in [0.15, 0.2) is 21.0 Å². The van der Waals surface area contributed by atoms with Gasteiger partial charge in [0.15, 0.2) is 0 Å². The number of benzene rings is 1. The number of amides is 1. The van der Waals surface area contributed by atoms with E-state index in [0.717, 1.165) is 6.07 Å². The Kier molecular flexibility index (Phi) is 6.20. The first kappa shape index (κ1) is 19.2. The van der Waals surface area contributed by atoms with Crippen molar-refractivity contribution in [1.82, 2.24) is 0 Å². The fourth-order valence-corrected chi connectivity index (χ4v) is 4.19. The van der Waals surface area contributed by atoms with Gasteiger partial charge in [-0.15, -0.1) is 0 Å². The monoisotopic (exact) mass is 398 g/mol. The van der Waals surface area contributed by atoms with Crippen LogP contribution in [0.2, 0.25) is 0 Å². The number of halogens is 4. The molecule has 0 saturated carbocycles. The molecule has 1 aromatic carbocycles. The van der Waals surface area contributed by atoms with Crippen molar-refractivity contribution in [2.24, 2.45) is 4.36 Å². The molecule has 1 aromatic rings. The van der Waals surface area contributed by atoms with E-state index in [1.54, 1.807) is 0 Å². The molecule has 0 aliphatic heterocycles. The van der Waals surface area contributed by atoms with Gasteiger partial charge in [0.2, 0.25) is 0 Å². The van der Waals surface area contributed by atoms with Crippen LogP contribution >= 0.6 is 15.9 Å². The minimum Gasteiger partial charge on any atom is -0.398 e. The lowest BCUT2D eigenvalue weighted by Gasteiger charge is -2.16. The maximum atomic E-state index is 13.0. The summed E-state index contributed by atoms with van der Waals surface area (Å²) in [6.45, 7) is 7.69. The third kappa shape index (κ3) is 4.55. The summed E-state index contributed by atoms with van der Waals surface area (Å²) in [5, 5.41) is 0.249. The number of rotatable bonds is 3. The molecule has 3 nitrogen and oxygen atoms in total. The second kappa shape index (κ2) is 7.12. The molecular formula is C14H18BrF3N2OS. The first-order valence-electron chi connectivity index (χ1n) is 6.59. The molecule has 0 heterocycles. The molecular weight excluding hydrogens is 381 g/mol. The summed E-state index contributed by atoms with van der Waals surface area (Å²) in [6.07, 6.45) is -4.62. The minimum atomic E-state index is -4.62. The Hall–Kier alpha value is -0.890. The lowest BCUT2D eigenvalue weighted by Crippen LogP contribution is -2.18. The molecule has 0 unspecified atom stereocenters. The van der Waals surface area contributed by atoms with Gasteiger partial charge in [0.1, 0.15) is 0 Å². The SMILES string of the molecule is CC(C)S(=NC(=O)c1cc(Br)cc(C(F)(F)F)c1N)C(C)C. The summed E-state index contributed by atoms with van der Waals surface area (Å²) in [5.74, 6) is -0.713. The van der Waals surface area contributed by atoms with Crippen LogP contribution in [0.4, 0.5) is 18.9 Å². The molecule has 0 aliphatic rings. The van der Waals surface area contributed by atoms with E-state index in [4.69, 9.17) is 5.73 Å². The Morgan fingerprint density at radius 2 is 1.73 bits per heavy atom. The van der Waals surface area contributed by atoms with Gasteiger partial charge in [-0.05, 0) is 12.1 Å². The first-order valence-corrected chi connectivity index (χ1v) is 8.69. The quantitative estimate of drug-likeness (QED) is 0.742. The first-order chi connectivity index (χ1) is 9.95. The highest BCUT2D eigenvalue weighted by Crippen LogP contribution is 2.37. The van der Waals surface area contributed by atoms with Gasteiger partial charge in [-0.25, -0.2) is 0 Å². The summed E-state index contributed by atoms with van der Waals surface area (Å²) in [7, 11) is -0.578. The third-order valence-electron chi connectivity index (χ3n) is 2.83. The lowest BCUT2D eigenvalue weighted by molar-refractivity contribution is -0.136. The maximum Gasteiger partial charge on any atom is 0.418 e. The average Bonchev–Trinajstić information content (AvgIpc) is 2.35. The highest BCUT2D eigenvalue weighted by molar-refractivity contribution is 9.10. The highest BCUT2D eigenvalue weighted by Gasteiger charge is 2.35. The zero-order valence-electron chi connectivity index (χ0n) is 12.7. The van der Waals surface area contributed by atoms with Crippen molar-refractivity contribution in [3.63, 3.8) is 0 Å². The molecule has 124 valence electrons. The molecule has 0 spiro atoms. The number of hydrogen-bond donors (Lipinski definition) is 1. The topological polar surface area (TPSA) is 55.5 Å². The molecule has 2 N–H and O–H groups in total. The van der Waals surface area contributed by atoms with Crippen LogP contribution in [0.5, 0.6) is 0 Å². The van der Waals surface area contributed by atoms with Crippen molar-refractivity contribution in [1.29, 1.82) is 0 Å². The van der Waals surface area contributed by atoms with E-state index in [-0.39, 0.29) is 20.5 Å². The van der Waals surface area contributed by atoms with E-state index in [1.165, 1.54) is 6.07 Å². The van der Waals surface area contributed by atoms with Crippen molar-refractivity contribution in [3.05, 3.63) is 27.7 Å². The molecule has 0 atom stereocenters. The van der Waals surface area contributed by atoms with Gasteiger partial charge in [-0.2, -0.15) is 17.5 Å². The van der Waals surface area contributed by atoms with E-state index in [0.29, 0.717) is 0 Å². The summed E-state index contributed by atoms with van der Waals surface area (Å²) < 4.78 is 43.1. The van der Waals surface area contributed by atoms with E-state index in [2.05, 4.69) is 20.3 Å². The predicted octanol–water partition coefficient (Wildman–Crippen LogP) is 4.81. The van der Waals surface area contributed by atoms with Crippen molar-refractivity contribution in [3.8, 4) is 0 Å². The normalized spacial score (nSPS) is 12.3. The zero-order valence-corrected chi connectivity index (χ0v) is 15.1. The number of alkyl halides is 3. The number of carbonyl (C=O) groups excluding carboxylic acids is 1. The van der Waals surface area contributed by atoms with E-state index < -0.39 is 34.0 Å². The van der Waals surface area contributed by atoms with Crippen molar-refractivity contribution < 1.29 is 18.0 Å². The van der Waals surface area contributed by atoms with Gasteiger partial charge in [0.05, 0.1) is 16.8 Å². The van der Waals surface area contributed by atoms with Crippen LogP contribution in [0.1, 0.15) is 43.6 Å². The van der Waals surface area contributed by atoms with Crippen LogP contribution in [0.3, 0.4) is 0 Å². The molecule has 0 bridgehead atoms. The van der Waals surface area contributed by atoms with Gasteiger partial charge in [0.25, 0.3) is 5.91 Å². The van der Waals surface area contributed by atoms with Crippen LogP contribution in [0.25, 0.3) is 0 Å². The third-order valence-corrected chi connectivity index (χ3v) is 5.60. The molecule has 0 aliphatic carbocycles. The fourth-order valence-electron chi connectivity index (χ4n) is 1.93. The number of carbonyl (C=O) groups is 1. The summed E-state index contributed by atoms with van der Waals surface area (Å²) in [5.41, 5.74) is 3.71. The average molecular weight is 399 g/mol. The number of nitrogen functional groups attached to an aromatic ring is 1. The van der Waals surface area contributed by atoms with Gasteiger partial charge >= 0.3 is 6.18 Å². The predicted molar refractivity (Wildman–Crippen MR) is 88.0 cm³/mol. The van der Waals surface area contributed by atoms with Crippen LogP contribution in [0, 0.1) is 0 Å². The largest absolute Gasteiger partial charge is 0.418 e. The van der Waals surface area contributed by atoms with Gasteiger partial charge in [0, 0.05) is 15.0 Å². The second-order valence-electron chi connectivity index (χ2n) is 5.25. The molecule has 0 saturated heterocycles. The lowest BCUT2D eigenvalue weighted by atomic mass is 10.1. The number of nitrogens with two attached hydrogens (primary N) is 1. The minimum absolute atomic E-state index is 0.124. The van der Waals surface area contributed by atoms with Gasteiger partial charge in [-0.1, -0.05) is 54.3 Å². The summed E-state index contributed by atoms with van der Waals surface area (Å²) in [4.78, 5) is 12.3. The number of nitrogens with zero attached hydrogens (tertiary/aromatic N) is 1. The highest BCUT2D eigenvalue weighted by atomic mass is 79.9. The molecule has 22 heavy (non-hydrogen) atoms. The van der Waals surface area contributed by atoms with Crippen LogP contribution in [-0.4, -0.2) is 16.4 Å². The van der Waals surface area contributed by atoms with Gasteiger partial charge in [-0.3, -0.25) is 4.79 Å². The van der Waals surface area contributed by atoms with E-state index >= 15 is 0 Å². The molecule has 0 radical (unpaired) electrons. The Balaban J connectivity index is 3.42. The van der Waals surface area contributed by atoms with E-state index in [1.807, 2.05) is 27.7 Å². The molecule has 0 fully saturated rings. The number of hydrogen-bond acceptors (Lipinski definition) is 2. The Morgan fingerprint density at radius 3 is 2.14 bits per heavy atom. The van der Waals surface area contributed by atoms with Gasteiger partial charge < -0.3 is 5.73 Å².